The van der Waals surface area contributed by atoms with E-state index in [1.807, 2.05) is 36.6 Å². The average molecular weight is 598 g/mol. The fraction of sp³-hybridized carbons (Fsp3) is 0.200. The Morgan fingerprint density at radius 2 is 1.68 bits per heavy atom. The van der Waals surface area contributed by atoms with E-state index < -0.39 is 22.5 Å². The molecule has 208 valence electrons. The molecule has 7 nitrogen and oxygen atoms in total. The maximum absolute atomic E-state index is 13.5. The molecule has 0 saturated heterocycles. The lowest BCUT2D eigenvalue weighted by molar-refractivity contribution is -0.119. The summed E-state index contributed by atoms with van der Waals surface area (Å²) in [5.41, 5.74) is 7.15. The first kappa shape index (κ1) is 29.4. The number of nitrogens with zero attached hydrogens (tertiary/aromatic N) is 3. The smallest absolute Gasteiger partial charge is 0.264 e. The highest BCUT2D eigenvalue weighted by atomic mass is 35.5. The molecule has 0 aliphatic rings. The highest BCUT2D eigenvalue weighted by Gasteiger charge is 2.27. The van der Waals surface area contributed by atoms with Gasteiger partial charge in [-0.1, -0.05) is 67.4 Å². The molecule has 0 fully saturated rings. The minimum Gasteiger partial charge on any atom is -0.316 e. The molecule has 1 aromatic heterocycles. The number of halogens is 2. The highest BCUT2D eigenvalue weighted by molar-refractivity contribution is 7.92. The third kappa shape index (κ3) is 6.41. The number of anilines is 1. The molecule has 0 aliphatic heterocycles. The van der Waals surface area contributed by atoms with Gasteiger partial charge in [0.1, 0.15) is 6.54 Å². The molecule has 0 saturated carbocycles. The van der Waals surface area contributed by atoms with Crippen LogP contribution in [0.4, 0.5) is 5.69 Å². The van der Waals surface area contributed by atoms with Crippen molar-refractivity contribution in [2.45, 2.75) is 38.5 Å². The number of aryl methyl sites for hydroxylation is 1. The van der Waals surface area contributed by atoms with Crippen molar-refractivity contribution in [3.8, 4) is 5.69 Å². The van der Waals surface area contributed by atoms with E-state index in [2.05, 4.69) is 24.4 Å². The summed E-state index contributed by atoms with van der Waals surface area (Å²) in [6.07, 6.45) is 1.52. The van der Waals surface area contributed by atoms with Crippen molar-refractivity contribution in [1.82, 2.24) is 9.99 Å². The van der Waals surface area contributed by atoms with Gasteiger partial charge in [-0.2, -0.15) is 5.10 Å². The monoisotopic (exact) mass is 596 g/mol. The van der Waals surface area contributed by atoms with E-state index in [9.17, 15) is 13.2 Å². The number of benzene rings is 3. The van der Waals surface area contributed by atoms with Crippen LogP contribution < -0.4 is 9.73 Å². The van der Waals surface area contributed by atoms with Crippen LogP contribution >= 0.6 is 23.2 Å². The van der Waals surface area contributed by atoms with Crippen molar-refractivity contribution in [2.24, 2.45) is 5.10 Å². The largest absolute Gasteiger partial charge is 0.316 e. The normalized spacial score (nSPS) is 11.8. The summed E-state index contributed by atoms with van der Waals surface area (Å²) < 4.78 is 30.1. The lowest BCUT2D eigenvalue weighted by atomic mass is 10.0. The molecule has 1 N–H and O–H groups in total. The lowest BCUT2D eigenvalue weighted by Gasteiger charge is -2.24. The molecule has 1 heterocycles. The van der Waals surface area contributed by atoms with Gasteiger partial charge in [-0.05, 0) is 73.9 Å². The van der Waals surface area contributed by atoms with Crippen LogP contribution in [-0.4, -0.2) is 31.7 Å². The van der Waals surface area contributed by atoms with Gasteiger partial charge in [0.2, 0.25) is 0 Å². The summed E-state index contributed by atoms with van der Waals surface area (Å²) in [6.45, 7) is 7.49. The third-order valence-corrected chi connectivity index (χ3v) is 8.82. The number of aromatic nitrogens is 1. The van der Waals surface area contributed by atoms with Crippen molar-refractivity contribution in [3.05, 3.63) is 111 Å². The Balaban J connectivity index is 1.57. The van der Waals surface area contributed by atoms with Gasteiger partial charge in [0.15, 0.2) is 0 Å². The van der Waals surface area contributed by atoms with E-state index in [0.717, 1.165) is 32.5 Å². The summed E-state index contributed by atoms with van der Waals surface area (Å²) >= 11 is 12.6. The van der Waals surface area contributed by atoms with Crippen LogP contribution in [0.15, 0.2) is 88.9 Å². The average Bonchev–Trinajstić information content (AvgIpc) is 3.21. The number of hydrogen-bond acceptors (Lipinski definition) is 4. The quantitative estimate of drug-likeness (QED) is 0.169. The predicted molar refractivity (Wildman–Crippen MR) is 163 cm³/mol. The summed E-state index contributed by atoms with van der Waals surface area (Å²) in [5, 5.41) is 5.21. The van der Waals surface area contributed by atoms with Crippen molar-refractivity contribution in [1.29, 1.82) is 0 Å². The van der Waals surface area contributed by atoms with Gasteiger partial charge in [0.25, 0.3) is 15.9 Å². The highest BCUT2D eigenvalue weighted by Crippen LogP contribution is 2.29. The second kappa shape index (κ2) is 12.3. The Labute approximate surface area is 245 Å². The second-order valence-corrected chi connectivity index (χ2v) is 12.3. The number of nitrogens with one attached hydrogen (secondary N) is 1. The molecule has 3 aromatic carbocycles. The number of carbonyl (C=O) groups excluding carboxylic acids is 1. The predicted octanol–water partition coefficient (Wildman–Crippen LogP) is 6.87. The summed E-state index contributed by atoms with van der Waals surface area (Å²) in [6, 6.07) is 22.3. The molecule has 0 unspecified atom stereocenters. The number of hydrazone groups is 1. The van der Waals surface area contributed by atoms with E-state index in [-0.39, 0.29) is 10.8 Å². The molecule has 40 heavy (non-hydrogen) atoms. The lowest BCUT2D eigenvalue weighted by Crippen LogP contribution is -2.39. The van der Waals surface area contributed by atoms with Crippen LogP contribution in [0.3, 0.4) is 0 Å². The van der Waals surface area contributed by atoms with E-state index in [4.69, 9.17) is 23.2 Å². The van der Waals surface area contributed by atoms with Crippen molar-refractivity contribution >= 4 is 51.0 Å². The van der Waals surface area contributed by atoms with E-state index in [0.29, 0.717) is 15.7 Å². The minimum atomic E-state index is -4.01. The molecule has 0 aliphatic carbocycles. The number of carbonyl (C=O) groups is 1. The van der Waals surface area contributed by atoms with Crippen LogP contribution in [0.25, 0.3) is 5.69 Å². The molecule has 0 atom stereocenters. The van der Waals surface area contributed by atoms with Gasteiger partial charge in [-0.3, -0.25) is 9.10 Å². The molecule has 0 bridgehead atoms. The summed E-state index contributed by atoms with van der Waals surface area (Å²) in [7, 11) is -4.01. The van der Waals surface area contributed by atoms with Crippen molar-refractivity contribution < 1.29 is 13.2 Å². The second-order valence-electron chi connectivity index (χ2n) is 9.62. The Kier molecular flexibility index (Phi) is 9.03. The molecule has 10 heteroatoms. The minimum absolute atomic E-state index is 0.0892. The Hall–Kier alpha value is -3.59. The van der Waals surface area contributed by atoms with Gasteiger partial charge in [-0.15, -0.1) is 0 Å². The zero-order chi connectivity index (χ0) is 29.0. The summed E-state index contributed by atoms with van der Waals surface area (Å²) in [5.74, 6) is -0.307. The van der Waals surface area contributed by atoms with Crippen LogP contribution in [0.1, 0.15) is 42.3 Å². The number of amides is 1. The van der Waals surface area contributed by atoms with Crippen molar-refractivity contribution in [2.75, 3.05) is 10.8 Å². The van der Waals surface area contributed by atoms with Gasteiger partial charge < -0.3 is 4.57 Å². The fourth-order valence-corrected chi connectivity index (χ4v) is 6.16. The zero-order valence-electron chi connectivity index (χ0n) is 22.6. The first-order valence-corrected chi connectivity index (χ1v) is 14.8. The van der Waals surface area contributed by atoms with Gasteiger partial charge >= 0.3 is 0 Å². The maximum atomic E-state index is 13.5. The molecular formula is C30H30Cl2N4O3S. The standard InChI is InChI=1S/C30H30Cl2N4O3S/c1-20(2)23-10-13-26(14-11-23)35(40(38,39)27-8-6-5-7-9-27)19-30(37)34-33-18-24-16-21(3)36(22(24)4)29-17-25(31)12-15-28(29)32/h5-18,20H,19H2,1-4H3,(H,34,37)/b33-18+. The Bertz CT molecular complexity index is 1650. The van der Waals surface area contributed by atoms with Crippen LogP contribution in [0.5, 0.6) is 0 Å². The van der Waals surface area contributed by atoms with Crippen LogP contribution in [0, 0.1) is 13.8 Å². The fourth-order valence-electron chi connectivity index (χ4n) is 4.35. The Morgan fingerprint density at radius 1 is 1.00 bits per heavy atom. The SMILES string of the molecule is Cc1cc(/C=N/NC(=O)CN(c2ccc(C(C)C)cc2)S(=O)(=O)c2ccccc2)c(C)n1-c1cc(Cl)ccc1Cl. The zero-order valence-corrected chi connectivity index (χ0v) is 24.9. The number of hydrogen-bond donors (Lipinski definition) is 1. The van der Waals surface area contributed by atoms with E-state index >= 15 is 0 Å². The molecule has 4 rings (SSSR count). The molecule has 0 spiro atoms. The number of sulfonamides is 1. The topological polar surface area (TPSA) is 83.8 Å². The van der Waals surface area contributed by atoms with Gasteiger partial charge in [0, 0.05) is 22.0 Å². The Morgan fingerprint density at radius 3 is 2.33 bits per heavy atom. The van der Waals surface area contributed by atoms with E-state index in [1.54, 1.807) is 48.5 Å². The maximum Gasteiger partial charge on any atom is 0.264 e. The first-order chi connectivity index (χ1) is 19.0. The van der Waals surface area contributed by atoms with E-state index in [1.165, 1.54) is 18.3 Å². The van der Waals surface area contributed by atoms with Gasteiger partial charge in [0.05, 0.1) is 27.5 Å². The molecule has 0 radical (unpaired) electrons. The van der Waals surface area contributed by atoms with Crippen molar-refractivity contribution in [3.63, 3.8) is 0 Å². The molecular weight excluding hydrogens is 567 g/mol. The third-order valence-electron chi connectivity index (χ3n) is 6.48. The van der Waals surface area contributed by atoms with Crippen LogP contribution in [0.2, 0.25) is 10.0 Å². The van der Waals surface area contributed by atoms with Crippen LogP contribution in [-0.2, 0) is 14.8 Å². The first-order valence-electron chi connectivity index (χ1n) is 12.6. The van der Waals surface area contributed by atoms with Gasteiger partial charge in [-0.25, -0.2) is 13.8 Å². The summed E-state index contributed by atoms with van der Waals surface area (Å²) in [4.78, 5) is 13.1. The molecule has 1 amide bonds. The number of rotatable bonds is 9. The molecule has 4 aromatic rings.